The third kappa shape index (κ3) is 3.79. The Morgan fingerprint density at radius 1 is 1.21 bits per heavy atom. The molecule has 24 heavy (non-hydrogen) atoms. The van der Waals surface area contributed by atoms with Crippen molar-refractivity contribution in [2.24, 2.45) is 0 Å². The quantitative estimate of drug-likeness (QED) is 0.884. The van der Waals surface area contributed by atoms with Crippen molar-refractivity contribution in [1.29, 1.82) is 0 Å². The number of fused-ring (bicyclic) bond motifs is 1. The third-order valence-corrected chi connectivity index (χ3v) is 4.93. The number of nitrogens with one attached hydrogen (secondary N) is 1. The molecular weight excluding hydrogens is 304 g/mol. The van der Waals surface area contributed by atoms with Gasteiger partial charge in [-0.15, -0.1) is 0 Å². The topological polar surface area (TPSA) is 52.5 Å². The molecule has 0 spiro atoms. The normalized spacial score (nSPS) is 21.1. The lowest BCUT2D eigenvalue weighted by atomic mass is 9.93. The van der Waals surface area contributed by atoms with Crippen molar-refractivity contribution in [3.8, 4) is 5.75 Å². The summed E-state index contributed by atoms with van der Waals surface area (Å²) in [4.78, 5) is 12.3. The number of ether oxygens (including phenoxy) is 2. The van der Waals surface area contributed by atoms with Crippen molar-refractivity contribution in [3.63, 3.8) is 0 Å². The zero-order valence-electron chi connectivity index (χ0n) is 14.5. The number of pyridine rings is 1. The molecule has 1 aromatic carbocycles. The van der Waals surface area contributed by atoms with E-state index in [4.69, 9.17) is 9.47 Å². The molecule has 1 heterocycles. The smallest absolute Gasteiger partial charge is 0.251 e. The summed E-state index contributed by atoms with van der Waals surface area (Å²) < 4.78 is 12.6. The summed E-state index contributed by atoms with van der Waals surface area (Å²) in [6, 6.07) is 9.81. The predicted octanol–water partition coefficient (Wildman–Crippen LogP) is 2.56. The van der Waals surface area contributed by atoms with Crippen molar-refractivity contribution < 1.29 is 9.47 Å². The molecule has 0 aliphatic heterocycles. The Hall–Kier alpha value is -1.85. The number of hydrogen-bond donors (Lipinski definition) is 1. The molecule has 1 fully saturated rings. The Morgan fingerprint density at radius 2 is 2.04 bits per heavy atom. The summed E-state index contributed by atoms with van der Waals surface area (Å²) in [5, 5.41) is 4.63. The first-order valence-corrected chi connectivity index (χ1v) is 8.65. The number of hydrogen-bond acceptors (Lipinski definition) is 4. The molecule has 130 valence electrons. The molecule has 2 unspecified atom stereocenters. The van der Waals surface area contributed by atoms with E-state index in [1.165, 1.54) is 12.8 Å². The first kappa shape index (κ1) is 17.0. The summed E-state index contributed by atoms with van der Waals surface area (Å²) >= 11 is 0. The summed E-state index contributed by atoms with van der Waals surface area (Å²) in [5.74, 6) is 0.769. The van der Waals surface area contributed by atoms with Gasteiger partial charge in [-0.05, 0) is 49.3 Å². The molecule has 0 saturated heterocycles. The van der Waals surface area contributed by atoms with Gasteiger partial charge in [0.05, 0.1) is 18.7 Å². The van der Waals surface area contributed by atoms with Crippen LogP contribution in [0.25, 0.3) is 10.9 Å². The Bertz CT molecular complexity index is 741. The van der Waals surface area contributed by atoms with Crippen molar-refractivity contribution in [2.45, 2.75) is 44.4 Å². The molecule has 2 atom stereocenters. The van der Waals surface area contributed by atoms with Gasteiger partial charge in [0.15, 0.2) is 0 Å². The van der Waals surface area contributed by atoms with E-state index in [9.17, 15) is 4.79 Å². The van der Waals surface area contributed by atoms with Crippen LogP contribution in [0, 0.1) is 0 Å². The molecule has 1 aliphatic carbocycles. The van der Waals surface area contributed by atoms with E-state index in [2.05, 4.69) is 5.32 Å². The van der Waals surface area contributed by atoms with Gasteiger partial charge in [-0.25, -0.2) is 0 Å². The van der Waals surface area contributed by atoms with Crippen molar-refractivity contribution >= 4 is 10.9 Å². The highest BCUT2D eigenvalue weighted by atomic mass is 16.5. The maximum atomic E-state index is 12.3. The standard InChI is InChI=1S/C19H26N2O3/c1-23-16-5-3-4-15(12-16)20-10-11-21-18-13-17(24-2)8-6-14(18)7-9-19(21)22/h6-9,13,15-16,20H,3-5,10-12H2,1-2H3. The van der Waals surface area contributed by atoms with Crippen molar-refractivity contribution in [2.75, 3.05) is 20.8 Å². The second-order valence-corrected chi connectivity index (χ2v) is 6.42. The lowest BCUT2D eigenvalue weighted by molar-refractivity contribution is 0.0588. The second kappa shape index (κ2) is 7.81. The van der Waals surface area contributed by atoms with Gasteiger partial charge in [-0.3, -0.25) is 4.79 Å². The van der Waals surface area contributed by atoms with E-state index < -0.39 is 0 Å². The number of rotatable bonds is 6. The fraction of sp³-hybridized carbons (Fsp3) is 0.526. The molecule has 0 radical (unpaired) electrons. The van der Waals surface area contributed by atoms with Gasteiger partial charge in [-0.2, -0.15) is 0 Å². The van der Waals surface area contributed by atoms with Crippen LogP contribution < -0.4 is 15.6 Å². The van der Waals surface area contributed by atoms with Crippen LogP contribution in [0.2, 0.25) is 0 Å². The Balaban J connectivity index is 1.70. The summed E-state index contributed by atoms with van der Waals surface area (Å²) in [5.41, 5.74) is 0.943. The van der Waals surface area contributed by atoms with Gasteiger partial charge in [0, 0.05) is 38.4 Å². The minimum absolute atomic E-state index is 0.0240. The van der Waals surface area contributed by atoms with Crippen LogP contribution in [0.1, 0.15) is 25.7 Å². The van der Waals surface area contributed by atoms with Crippen LogP contribution in [0.3, 0.4) is 0 Å². The molecule has 0 bridgehead atoms. The number of nitrogens with zero attached hydrogens (tertiary/aromatic N) is 1. The van der Waals surface area contributed by atoms with Gasteiger partial charge in [0.1, 0.15) is 5.75 Å². The number of aromatic nitrogens is 1. The molecule has 1 N–H and O–H groups in total. The van der Waals surface area contributed by atoms with Crippen LogP contribution in [0.4, 0.5) is 0 Å². The fourth-order valence-corrected chi connectivity index (χ4v) is 3.55. The largest absolute Gasteiger partial charge is 0.497 e. The number of methoxy groups -OCH3 is 2. The zero-order chi connectivity index (χ0) is 16.9. The second-order valence-electron chi connectivity index (χ2n) is 6.42. The molecule has 0 amide bonds. The van der Waals surface area contributed by atoms with Crippen molar-refractivity contribution in [3.05, 3.63) is 40.7 Å². The molecule has 2 aromatic rings. The molecular formula is C19H26N2O3. The highest BCUT2D eigenvalue weighted by Gasteiger charge is 2.20. The van der Waals surface area contributed by atoms with Crippen LogP contribution >= 0.6 is 0 Å². The lowest BCUT2D eigenvalue weighted by Gasteiger charge is -2.29. The van der Waals surface area contributed by atoms with E-state index in [0.29, 0.717) is 18.7 Å². The Kier molecular flexibility index (Phi) is 5.53. The Morgan fingerprint density at radius 3 is 2.83 bits per heavy atom. The van der Waals surface area contributed by atoms with Gasteiger partial charge in [0.25, 0.3) is 5.56 Å². The first-order chi connectivity index (χ1) is 11.7. The average molecular weight is 330 g/mol. The molecule has 3 rings (SSSR count). The van der Waals surface area contributed by atoms with Gasteiger partial charge < -0.3 is 19.4 Å². The Labute approximate surface area is 142 Å². The zero-order valence-corrected chi connectivity index (χ0v) is 14.5. The molecule has 1 aliphatic rings. The molecule has 5 heteroatoms. The molecule has 1 aromatic heterocycles. The fourth-order valence-electron chi connectivity index (χ4n) is 3.55. The monoisotopic (exact) mass is 330 g/mol. The highest BCUT2D eigenvalue weighted by Crippen LogP contribution is 2.21. The SMILES string of the molecule is COc1ccc2ccc(=O)n(CCNC3CCCC(OC)C3)c2c1. The van der Waals surface area contributed by atoms with E-state index in [1.54, 1.807) is 20.3 Å². The van der Waals surface area contributed by atoms with Gasteiger partial charge in [-0.1, -0.05) is 0 Å². The van der Waals surface area contributed by atoms with Gasteiger partial charge >= 0.3 is 0 Å². The maximum absolute atomic E-state index is 12.3. The van der Waals surface area contributed by atoms with E-state index in [1.807, 2.05) is 28.8 Å². The predicted molar refractivity (Wildman–Crippen MR) is 95.8 cm³/mol. The minimum Gasteiger partial charge on any atom is -0.497 e. The minimum atomic E-state index is 0.0240. The summed E-state index contributed by atoms with van der Waals surface area (Å²) in [6.45, 7) is 1.43. The van der Waals surface area contributed by atoms with Crippen LogP contribution in [-0.2, 0) is 11.3 Å². The highest BCUT2D eigenvalue weighted by molar-refractivity contribution is 5.80. The maximum Gasteiger partial charge on any atom is 0.251 e. The molecule has 1 saturated carbocycles. The number of benzene rings is 1. The van der Waals surface area contributed by atoms with E-state index in [-0.39, 0.29) is 5.56 Å². The summed E-state index contributed by atoms with van der Waals surface area (Å²) in [6.07, 6.45) is 4.94. The van der Waals surface area contributed by atoms with Crippen molar-refractivity contribution in [1.82, 2.24) is 9.88 Å². The molecule has 5 nitrogen and oxygen atoms in total. The summed E-state index contributed by atoms with van der Waals surface area (Å²) in [7, 11) is 3.43. The van der Waals surface area contributed by atoms with E-state index >= 15 is 0 Å². The first-order valence-electron chi connectivity index (χ1n) is 8.65. The van der Waals surface area contributed by atoms with Crippen LogP contribution in [0.5, 0.6) is 5.75 Å². The average Bonchev–Trinajstić information content (AvgIpc) is 2.63. The third-order valence-electron chi connectivity index (χ3n) is 4.93. The van der Waals surface area contributed by atoms with E-state index in [0.717, 1.165) is 36.0 Å². The van der Waals surface area contributed by atoms with Gasteiger partial charge in [0.2, 0.25) is 0 Å². The van der Waals surface area contributed by atoms with Crippen LogP contribution in [0.15, 0.2) is 35.1 Å². The lowest BCUT2D eigenvalue weighted by Crippen LogP contribution is -2.39. The van der Waals surface area contributed by atoms with Crippen LogP contribution in [-0.4, -0.2) is 37.5 Å².